The molecule has 0 saturated heterocycles. The van der Waals surface area contributed by atoms with E-state index in [-0.39, 0.29) is 28.7 Å². The Balaban J connectivity index is 1.74. The van der Waals surface area contributed by atoms with Gasteiger partial charge in [0.05, 0.1) is 11.8 Å². The van der Waals surface area contributed by atoms with Crippen LogP contribution in [0.2, 0.25) is 0 Å². The normalized spacial score (nSPS) is 11.0. The predicted molar refractivity (Wildman–Crippen MR) is 95.7 cm³/mol. The summed E-state index contributed by atoms with van der Waals surface area (Å²) >= 11 is 0. The summed E-state index contributed by atoms with van der Waals surface area (Å²) in [5.41, 5.74) is 0.795. The van der Waals surface area contributed by atoms with Gasteiger partial charge < -0.3 is 19.3 Å². The first kappa shape index (κ1) is 16.6. The maximum atomic E-state index is 12.3. The number of fused-ring (bicyclic) bond motifs is 1. The second kappa shape index (κ2) is 6.13. The van der Waals surface area contributed by atoms with Crippen molar-refractivity contribution in [1.82, 2.24) is 15.4 Å². The Kier molecular flexibility index (Phi) is 3.76. The molecule has 3 N–H and O–H groups in total. The number of aromatic hydroxyl groups is 1. The Hall–Kier alpha value is -3.88. The first-order valence-electron chi connectivity index (χ1n) is 7.98. The van der Waals surface area contributed by atoms with E-state index in [2.05, 4.69) is 20.7 Å². The molecular weight excluding hydrogens is 352 g/mol. The minimum Gasteiger partial charge on any atom is -0.507 e. The summed E-state index contributed by atoms with van der Waals surface area (Å²) in [5.74, 6) is 0.246. The summed E-state index contributed by atoms with van der Waals surface area (Å²) in [6.45, 7) is 3.11. The summed E-state index contributed by atoms with van der Waals surface area (Å²) in [6.07, 6.45) is 1.39. The summed E-state index contributed by atoms with van der Waals surface area (Å²) in [7, 11) is 0. The number of hydrogen-bond donors (Lipinski definition) is 3. The lowest BCUT2D eigenvalue weighted by Gasteiger charge is -2.05. The van der Waals surface area contributed by atoms with Crippen LogP contribution in [-0.2, 0) is 0 Å². The van der Waals surface area contributed by atoms with Crippen LogP contribution >= 0.6 is 0 Å². The topological polar surface area (TPSA) is 134 Å². The molecule has 0 radical (unpaired) electrons. The fourth-order valence-electron chi connectivity index (χ4n) is 2.71. The molecule has 0 bridgehead atoms. The number of anilines is 1. The quantitative estimate of drug-likeness (QED) is 0.507. The minimum absolute atomic E-state index is 0.130. The lowest BCUT2D eigenvalue weighted by atomic mass is 10.1. The van der Waals surface area contributed by atoms with Gasteiger partial charge in [-0.2, -0.15) is 10.3 Å². The fourth-order valence-corrected chi connectivity index (χ4v) is 2.71. The van der Waals surface area contributed by atoms with Crippen molar-refractivity contribution in [3.8, 4) is 17.3 Å². The van der Waals surface area contributed by atoms with Crippen molar-refractivity contribution in [3.63, 3.8) is 0 Å². The highest BCUT2D eigenvalue weighted by atomic mass is 16.4. The van der Waals surface area contributed by atoms with Crippen LogP contribution < -0.4 is 10.9 Å². The predicted octanol–water partition coefficient (Wildman–Crippen LogP) is 2.75. The van der Waals surface area contributed by atoms with E-state index in [1.54, 1.807) is 31.2 Å². The molecule has 0 aliphatic carbocycles. The SMILES string of the molecule is Cc1c(-c2cc3cc(C(=O)Nc4cn[nH]n4)ccc3o2)oc(=O)c(C)c1O. The van der Waals surface area contributed by atoms with E-state index in [9.17, 15) is 14.7 Å². The number of aromatic nitrogens is 3. The number of nitrogens with one attached hydrogen (secondary N) is 2. The van der Waals surface area contributed by atoms with Crippen molar-refractivity contribution in [1.29, 1.82) is 0 Å². The van der Waals surface area contributed by atoms with Gasteiger partial charge in [0.1, 0.15) is 11.3 Å². The number of aromatic amines is 1. The van der Waals surface area contributed by atoms with Gasteiger partial charge in [0.15, 0.2) is 17.3 Å². The van der Waals surface area contributed by atoms with E-state index in [4.69, 9.17) is 8.83 Å². The second-order valence-electron chi connectivity index (χ2n) is 5.99. The number of furan rings is 1. The van der Waals surface area contributed by atoms with Gasteiger partial charge in [-0.15, -0.1) is 5.10 Å². The monoisotopic (exact) mass is 366 g/mol. The Morgan fingerprint density at radius 3 is 2.74 bits per heavy atom. The molecule has 0 aliphatic rings. The van der Waals surface area contributed by atoms with Crippen molar-refractivity contribution in [3.05, 3.63) is 57.6 Å². The summed E-state index contributed by atoms with van der Waals surface area (Å²) < 4.78 is 11.0. The molecule has 0 aliphatic heterocycles. The van der Waals surface area contributed by atoms with Crippen molar-refractivity contribution >= 4 is 22.7 Å². The molecular formula is C18H14N4O5. The number of benzene rings is 1. The molecule has 0 unspecified atom stereocenters. The molecule has 1 amide bonds. The number of H-pyrrole nitrogens is 1. The summed E-state index contributed by atoms with van der Waals surface area (Å²) in [6, 6.07) is 6.51. The molecule has 4 aromatic rings. The van der Waals surface area contributed by atoms with E-state index in [1.807, 2.05) is 0 Å². The Labute approximate surface area is 151 Å². The molecule has 0 atom stereocenters. The molecule has 27 heavy (non-hydrogen) atoms. The van der Waals surface area contributed by atoms with Crippen molar-refractivity contribution in [2.75, 3.05) is 5.32 Å². The van der Waals surface area contributed by atoms with Gasteiger partial charge in [0.2, 0.25) is 0 Å². The molecule has 136 valence electrons. The van der Waals surface area contributed by atoms with Gasteiger partial charge in [0.25, 0.3) is 5.91 Å². The number of rotatable bonds is 3. The second-order valence-corrected chi connectivity index (χ2v) is 5.99. The molecule has 3 heterocycles. The van der Waals surface area contributed by atoms with Crippen LogP contribution in [0, 0.1) is 13.8 Å². The van der Waals surface area contributed by atoms with Crippen molar-refractivity contribution < 1.29 is 18.7 Å². The number of amides is 1. The van der Waals surface area contributed by atoms with Gasteiger partial charge in [0, 0.05) is 16.5 Å². The highest BCUT2D eigenvalue weighted by molar-refractivity contribution is 6.05. The van der Waals surface area contributed by atoms with Gasteiger partial charge in [-0.05, 0) is 38.1 Å². The highest BCUT2D eigenvalue weighted by Gasteiger charge is 2.19. The van der Waals surface area contributed by atoms with Crippen LogP contribution in [0.4, 0.5) is 5.82 Å². The number of nitrogens with zero attached hydrogens (tertiary/aromatic N) is 2. The number of carbonyl (C=O) groups excluding carboxylic acids is 1. The third-order valence-corrected chi connectivity index (χ3v) is 4.21. The van der Waals surface area contributed by atoms with Crippen LogP contribution in [0.25, 0.3) is 22.5 Å². The van der Waals surface area contributed by atoms with Crippen molar-refractivity contribution in [2.45, 2.75) is 13.8 Å². The lowest BCUT2D eigenvalue weighted by Crippen LogP contribution is -2.11. The first-order chi connectivity index (χ1) is 12.9. The maximum absolute atomic E-state index is 12.3. The first-order valence-corrected chi connectivity index (χ1v) is 7.98. The fraction of sp³-hybridized carbons (Fsp3) is 0.111. The zero-order valence-corrected chi connectivity index (χ0v) is 14.4. The third kappa shape index (κ3) is 2.84. The minimum atomic E-state index is -0.638. The Morgan fingerprint density at radius 2 is 2.00 bits per heavy atom. The highest BCUT2D eigenvalue weighted by Crippen LogP contribution is 2.33. The van der Waals surface area contributed by atoms with Crippen LogP contribution in [-0.4, -0.2) is 26.4 Å². The molecule has 0 spiro atoms. The van der Waals surface area contributed by atoms with Gasteiger partial charge in [-0.25, -0.2) is 4.79 Å². The van der Waals surface area contributed by atoms with Crippen LogP contribution in [0.3, 0.4) is 0 Å². The van der Waals surface area contributed by atoms with E-state index >= 15 is 0 Å². The lowest BCUT2D eigenvalue weighted by molar-refractivity contribution is 0.102. The standard InChI is InChI=1S/C18H14N4O5/c1-8-15(23)9(2)18(25)27-16(8)13-6-11-5-10(3-4-12(11)26-13)17(24)20-14-7-19-22-21-14/h3-7,23H,1-2H3,(H2,19,20,21,22,24). The smallest absolute Gasteiger partial charge is 0.343 e. The van der Waals surface area contributed by atoms with E-state index < -0.39 is 5.63 Å². The molecule has 4 rings (SSSR count). The largest absolute Gasteiger partial charge is 0.507 e. The van der Waals surface area contributed by atoms with E-state index in [1.165, 1.54) is 13.1 Å². The zero-order valence-electron chi connectivity index (χ0n) is 14.4. The van der Waals surface area contributed by atoms with E-state index in [0.29, 0.717) is 27.9 Å². The van der Waals surface area contributed by atoms with Crippen LogP contribution in [0.5, 0.6) is 5.75 Å². The van der Waals surface area contributed by atoms with Crippen LogP contribution in [0.1, 0.15) is 21.5 Å². The average molecular weight is 366 g/mol. The average Bonchev–Trinajstić information content (AvgIpc) is 3.31. The van der Waals surface area contributed by atoms with E-state index in [0.717, 1.165) is 0 Å². The molecule has 9 heteroatoms. The third-order valence-electron chi connectivity index (χ3n) is 4.21. The Bertz CT molecular complexity index is 1220. The van der Waals surface area contributed by atoms with Gasteiger partial charge >= 0.3 is 5.63 Å². The van der Waals surface area contributed by atoms with Gasteiger partial charge in [-0.1, -0.05) is 0 Å². The Morgan fingerprint density at radius 1 is 1.19 bits per heavy atom. The van der Waals surface area contributed by atoms with Gasteiger partial charge in [-0.3, -0.25) is 4.79 Å². The molecule has 0 saturated carbocycles. The van der Waals surface area contributed by atoms with Crippen LogP contribution in [0.15, 0.2) is 44.1 Å². The molecule has 1 aromatic carbocycles. The molecule has 3 aromatic heterocycles. The number of hydrogen-bond acceptors (Lipinski definition) is 7. The maximum Gasteiger partial charge on any atom is 0.343 e. The summed E-state index contributed by atoms with van der Waals surface area (Å²) in [4.78, 5) is 24.2. The zero-order chi connectivity index (χ0) is 19.1. The molecule has 0 fully saturated rings. The summed E-state index contributed by atoms with van der Waals surface area (Å²) in [5, 5.41) is 23.1. The molecule has 9 nitrogen and oxygen atoms in total. The number of carbonyl (C=O) groups is 1. The van der Waals surface area contributed by atoms with Crippen molar-refractivity contribution in [2.24, 2.45) is 0 Å².